The Kier molecular flexibility index (Phi) is 9.87. The maximum atomic E-state index is 7.59. The van der Waals surface area contributed by atoms with Gasteiger partial charge in [0.25, 0.3) is 6.71 Å². The molecule has 1 aliphatic carbocycles. The minimum atomic E-state index is -1.19. The van der Waals surface area contributed by atoms with E-state index in [1.807, 2.05) is 0 Å². The van der Waals surface area contributed by atoms with Crippen LogP contribution in [0, 0.1) is 0 Å². The average Bonchev–Trinajstić information content (AvgIpc) is 3.55. The van der Waals surface area contributed by atoms with E-state index in [1.54, 1.807) is 0 Å². The number of furan rings is 1. The lowest BCUT2D eigenvalue weighted by Gasteiger charge is -2.45. The smallest absolute Gasteiger partial charge is 0.297 e. The lowest BCUT2D eigenvalue weighted by molar-refractivity contribution is 0.332. The highest BCUT2D eigenvalue weighted by Gasteiger charge is 2.49. The molecule has 5 heteroatoms. The van der Waals surface area contributed by atoms with E-state index >= 15 is 0 Å². The van der Waals surface area contributed by atoms with Gasteiger partial charge in [0.2, 0.25) is 0 Å². The van der Waals surface area contributed by atoms with Gasteiger partial charge in [-0.2, -0.15) is 0 Å². The number of rotatable bonds is 3. The maximum Gasteiger partial charge on any atom is 0.297 e. The standard InChI is InChI=1S/C59H75BN2OS/c1-54(2,3)36-20-24-39(25-21-36)61-48-32-40(64(17,18)19)33-49-51(48)60(53-52(61)41-34-42-43(35-50(41)63-53)59(15,16)29-28-58(42,13)14)45-31-38(56(7,8)9)23-27-47(45)62(49)46-26-22-37(55(4,5)6)30-44(46)57(10,11)12/h20-27,30-35H,28-29H2,1-19H3. The van der Waals surface area contributed by atoms with E-state index in [2.05, 4.69) is 224 Å². The summed E-state index contributed by atoms with van der Waals surface area (Å²) in [6, 6.07) is 34.2. The van der Waals surface area contributed by atoms with Crippen LogP contribution in [0.5, 0.6) is 0 Å². The largest absolute Gasteiger partial charge is 0.468 e. The summed E-state index contributed by atoms with van der Waals surface area (Å²) in [6.45, 7) is 37.8. The topological polar surface area (TPSA) is 19.6 Å². The summed E-state index contributed by atoms with van der Waals surface area (Å²) in [6.07, 6.45) is 9.68. The number of fused-ring (bicyclic) bond motifs is 7. The Morgan fingerprint density at radius 1 is 0.531 bits per heavy atom. The van der Waals surface area contributed by atoms with Crippen molar-refractivity contribution < 1.29 is 4.42 Å². The van der Waals surface area contributed by atoms with Crippen LogP contribution in [0.4, 0.5) is 34.1 Å². The predicted octanol–water partition coefficient (Wildman–Crippen LogP) is 15.1. The number of benzene rings is 5. The summed E-state index contributed by atoms with van der Waals surface area (Å²) in [7, 11) is -1.19. The van der Waals surface area contributed by atoms with Crippen LogP contribution in [0.15, 0.2) is 94.2 Å². The molecular weight excluding hydrogens is 796 g/mol. The number of hydrogen-bond donors (Lipinski definition) is 0. The van der Waals surface area contributed by atoms with Gasteiger partial charge in [0.1, 0.15) is 5.58 Å². The molecule has 3 nitrogen and oxygen atoms in total. The van der Waals surface area contributed by atoms with E-state index in [4.69, 9.17) is 4.42 Å². The van der Waals surface area contributed by atoms with Gasteiger partial charge in [0, 0.05) is 33.8 Å². The lowest BCUT2D eigenvalue weighted by atomic mass is 9.35. The zero-order valence-corrected chi connectivity index (χ0v) is 43.6. The summed E-state index contributed by atoms with van der Waals surface area (Å²) in [5.74, 6) is 0. The van der Waals surface area contributed by atoms with Crippen LogP contribution in [-0.4, -0.2) is 25.5 Å². The van der Waals surface area contributed by atoms with Crippen LogP contribution in [-0.2, 0) is 32.5 Å². The summed E-state index contributed by atoms with van der Waals surface area (Å²) < 4.78 is 7.59. The van der Waals surface area contributed by atoms with Crippen molar-refractivity contribution in [2.45, 2.75) is 161 Å². The van der Waals surface area contributed by atoms with Crippen LogP contribution in [0.1, 0.15) is 157 Å². The highest BCUT2D eigenvalue weighted by atomic mass is 32.3. The molecule has 0 spiro atoms. The molecule has 3 aliphatic rings. The molecule has 3 heterocycles. The Morgan fingerprint density at radius 3 is 1.56 bits per heavy atom. The molecule has 1 aromatic heterocycles. The van der Waals surface area contributed by atoms with Crippen LogP contribution in [0.2, 0.25) is 0 Å². The van der Waals surface area contributed by atoms with E-state index in [1.165, 1.54) is 88.7 Å². The zero-order valence-electron chi connectivity index (χ0n) is 42.8. The summed E-state index contributed by atoms with van der Waals surface area (Å²) >= 11 is 0. The minimum Gasteiger partial charge on any atom is -0.468 e. The third-order valence-electron chi connectivity index (χ3n) is 15.1. The van der Waals surface area contributed by atoms with E-state index in [0.29, 0.717) is 0 Å². The van der Waals surface area contributed by atoms with E-state index in [-0.39, 0.29) is 39.2 Å². The highest BCUT2D eigenvalue weighted by Crippen LogP contribution is 2.55. The van der Waals surface area contributed by atoms with Gasteiger partial charge in [-0.3, -0.25) is 0 Å². The third kappa shape index (κ3) is 7.17. The van der Waals surface area contributed by atoms with Gasteiger partial charge in [-0.25, -0.2) is 10.0 Å². The first-order chi connectivity index (χ1) is 29.4. The Labute approximate surface area is 388 Å². The van der Waals surface area contributed by atoms with Gasteiger partial charge in [0.15, 0.2) is 0 Å². The molecule has 0 fully saturated rings. The third-order valence-corrected chi connectivity index (χ3v) is 16.7. The van der Waals surface area contributed by atoms with Crippen molar-refractivity contribution in [1.82, 2.24) is 0 Å². The van der Waals surface area contributed by atoms with Crippen LogP contribution in [0.3, 0.4) is 0 Å². The molecule has 0 N–H and O–H groups in total. The monoisotopic (exact) mass is 871 g/mol. The summed E-state index contributed by atoms with van der Waals surface area (Å²) in [4.78, 5) is 6.66. The first-order valence-electron chi connectivity index (χ1n) is 23.9. The van der Waals surface area contributed by atoms with Crippen LogP contribution >= 0.6 is 10.0 Å². The van der Waals surface area contributed by atoms with Crippen LogP contribution < -0.4 is 26.4 Å². The van der Waals surface area contributed by atoms with Gasteiger partial charge in [0.05, 0.1) is 11.3 Å². The van der Waals surface area contributed by atoms with E-state index < -0.39 is 10.0 Å². The molecule has 64 heavy (non-hydrogen) atoms. The van der Waals surface area contributed by atoms with Crippen molar-refractivity contribution in [3.63, 3.8) is 0 Å². The molecule has 5 aromatic carbocycles. The maximum absolute atomic E-state index is 7.59. The van der Waals surface area contributed by atoms with Gasteiger partial charge >= 0.3 is 0 Å². The van der Waals surface area contributed by atoms with Gasteiger partial charge in [-0.15, -0.1) is 0 Å². The molecule has 0 atom stereocenters. The quantitative estimate of drug-likeness (QED) is 0.165. The van der Waals surface area contributed by atoms with Crippen LogP contribution in [0.25, 0.3) is 11.0 Å². The minimum absolute atomic E-state index is 0.0180. The molecule has 0 radical (unpaired) electrons. The number of nitrogens with zero attached hydrogens (tertiary/aromatic N) is 2. The van der Waals surface area contributed by atoms with E-state index in [9.17, 15) is 0 Å². The first-order valence-corrected chi connectivity index (χ1v) is 26.7. The first kappa shape index (κ1) is 44.8. The number of hydrogen-bond acceptors (Lipinski definition) is 3. The number of anilines is 6. The van der Waals surface area contributed by atoms with Gasteiger partial charge in [-0.05, 0) is 162 Å². The molecule has 336 valence electrons. The van der Waals surface area contributed by atoms with E-state index in [0.717, 1.165) is 24.1 Å². The second-order valence-corrected chi connectivity index (χ2v) is 30.0. The van der Waals surface area contributed by atoms with Crippen molar-refractivity contribution in [1.29, 1.82) is 0 Å². The molecule has 6 aromatic rings. The second kappa shape index (κ2) is 14.1. The molecule has 0 bridgehead atoms. The van der Waals surface area contributed by atoms with Crippen molar-refractivity contribution >= 4 is 78.4 Å². The van der Waals surface area contributed by atoms with Crippen molar-refractivity contribution in [3.05, 3.63) is 118 Å². The lowest BCUT2D eigenvalue weighted by Crippen LogP contribution is -2.61. The van der Waals surface area contributed by atoms with Crippen molar-refractivity contribution in [2.75, 3.05) is 28.6 Å². The molecular formula is C59H75BN2OS. The fourth-order valence-electron chi connectivity index (χ4n) is 10.8. The highest BCUT2D eigenvalue weighted by molar-refractivity contribution is 8.32. The molecule has 9 rings (SSSR count). The Balaban J connectivity index is 1.46. The fraction of sp³-hybridized carbons (Fsp3) is 0.458. The average molecular weight is 871 g/mol. The Hall–Kier alpha value is -4.35. The normalized spacial score (nSPS) is 17.3. The molecule has 0 saturated heterocycles. The SMILES string of the molecule is CC(C)(C)c1ccc(N2c3cc(S(C)(C)C)cc4c3B(c3cc(C(C)(C)C)ccc3N4c3ccc(C(C)(C)C)cc3C(C)(C)C)c3oc4cc5c(cc4c32)C(C)(C)CCC5(C)C)cc1. The fourth-order valence-corrected chi connectivity index (χ4v) is 11.7. The predicted molar refractivity (Wildman–Crippen MR) is 284 cm³/mol. The molecule has 0 amide bonds. The Morgan fingerprint density at radius 2 is 1.03 bits per heavy atom. The second-order valence-electron chi connectivity index (χ2n) is 25.8. The molecule has 0 saturated carbocycles. The zero-order chi connectivity index (χ0) is 46.6. The Bertz CT molecular complexity index is 2860. The van der Waals surface area contributed by atoms with Gasteiger partial charge < -0.3 is 14.2 Å². The summed E-state index contributed by atoms with van der Waals surface area (Å²) in [5.41, 5.74) is 20.3. The summed E-state index contributed by atoms with van der Waals surface area (Å²) in [5, 5.41) is 1.21. The van der Waals surface area contributed by atoms with Gasteiger partial charge in [-0.1, -0.05) is 147 Å². The van der Waals surface area contributed by atoms with Crippen molar-refractivity contribution in [3.8, 4) is 0 Å². The molecule has 0 unspecified atom stereocenters. The van der Waals surface area contributed by atoms with Crippen molar-refractivity contribution in [2.24, 2.45) is 0 Å². The molecule has 2 aliphatic heterocycles.